The van der Waals surface area contributed by atoms with E-state index in [0.717, 1.165) is 4.68 Å². The van der Waals surface area contributed by atoms with Crippen molar-refractivity contribution in [3.05, 3.63) is 16.1 Å². The van der Waals surface area contributed by atoms with Gasteiger partial charge in [0, 0.05) is 0 Å². The second-order valence-corrected chi connectivity index (χ2v) is 4.67. The van der Waals surface area contributed by atoms with E-state index in [4.69, 9.17) is 0 Å². The van der Waals surface area contributed by atoms with E-state index in [1.165, 1.54) is 0 Å². The van der Waals surface area contributed by atoms with Crippen LogP contribution >= 0.6 is 15.9 Å². The lowest BCUT2D eigenvalue weighted by molar-refractivity contribution is 0.129. The smallest absolute Gasteiger partial charge is 0.254 e. The molecule has 0 N–H and O–H groups in total. The average molecular weight is 271 g/mol. The number of rotatable bonds is 1. The summed E-state index contributed by atoms with van der Waals surface area (Å²) in [7, 11) is 0. The predicted octanol–water partition coefficient (Wildman–Crippen LogP) is 3.48. The fourth-order valence-corrected chi connectivity index (χ4v) is 1.50. The molecule has 0 aromatic carbocycles. The minimum Gasteiger partial charge on any atom is -0.254 e. The van der Waals surface area contributed by atoms with Crippen molar-refractivity contribution in [1.82, 2.24) is 9.78 Å². The summed E-state index contributed by atoms with van der Waals surface area (Å²) in [6.45, 7) is 5.04. The molecule has 0 aliphatic rings. The predicted molar refractivity (Wildman–Crippen MR) is 49.8 cm³/mol. The van der Waals surface area contributed by atoms with E-state index in [-0.39, 0.29) is 4.47 Å². The molecule has 0 amide bonds. The van der Waals surface area contributed by atoms with E-state index >= 15 is 0 Å². The van der Waals surface area contributed by atoms with Crippen LogP contribution in [0.4, 0.5) is 13.2 Å². The zero-order chi connectivity index (χ0) is 11.1. The molecule has 1 heterocycles. The molecule has 0 saturated carbocycles. The van der Waals surface area contributed by atoms with Gasteiger partial charge in [-0.3, -0.25) is 4.68 Å². The largest absolute Gasteiger partial charge is 0.281 e. The van der Waals surface area contributed by atoms with Crippen LogP contribution in [-0.4, -0.2) is 9.78 Å². The summed E-state index contributed by atoms with van der Waals surface area (Å²) >= 11 is 2.76. The first-order valence-electron chi connectivity index (χ1n) is 3.97. The Bertz CT molecular complexity index is 341. The summed E-state index contributed by atoms with van der Waals surface area (Å²) in [5.41, 5.74) is -1.09. The van der Waals surface area contributed by atoms with Gasteiger partial charge >= 0.3 is 0 Å². The number of halogens is 4. The molecule has 6 heteroatoms. The van der Waals surface area contributed by atoms with Crippen LogP contribution < -0.4 is 0 Å². The summed E-state index contributed by atoms with van der Waals surface area (Å²) in [6.07, 6.45) is -2.75. The van der Waals surface area contributed by atoms with E-state index < -0.39 is 23.6 Å². The Kier molecular flexibility index (Phi) is 2.94. The Morgan fingerprint density at radius 3 is 2.14 bits per heavy atom. The highest BCUT2D eigenvalue weighted by atomic mass is 79.9. The third-order valence-corrected chi connectivity index (χ3v) is 2.40. The molecule has 0 bridgehead atoms. The van der Waals surface area contributed by atoms with Gasteiger partial charge in [-0.25, -0.2) is 8.78 Å². The summed E-state index contributed by atoms with van der Waals surface area (Å²) in [6, 6.07) is 0. The van der Waals surface area contributed by atoms with Crippen molar-refractivity contribution in [2.45, 2.75) is 32.7 Å². The van der Waals surface area contributed by atoms with Gasteiger partial charge < -0.3 is 0 Å². The van der Waals surface area contributed by atoms with Crippen molar-refractivity contribution in [1.29, 1.82) is 0 Å². The Morgan fingerprint density at radius 2 is 1.86 bits per heavy atom. The van der Waals surface area contributed by atoms with Gasteiger partial charge in [0.05, 0.1) is 5.54 Å². The lowest BCUT2D eigenvalue weighted by Crippen LogP contribution is -2.25. The number of alkyl halides is 2. The Labute approximate surface area is 88.2 Å². The Morgan fingerprint density at radius 1 is 1.36 bits per heavy atom. The molecular formula is C8H10BrF3N2. The standard InChI is InChI=1S/C8H10BrF3N2/c1-8(2,3)14-5(6(10)11)4(9)7(12)13-14/h6H,1-3H3. The fraction of sp³-hybridized carbons (Fsp3) is 0.625. The van der Waals surface area contributed by atoms with E-state index in [1.54, 1.807) is 20.8 Å². The van der Waals surface area contributed by atoms with Crippen molar-refractivity contribution in [3.63, 3.8) is 0 Å². The zero-order valence-electron chi connectivity index (χ0n) is 7.98. The van der Waals surface area contributed by atoms with Crippen LogP contribution in [0.5, 0.6) is 0 Å². The van der Waals surface area contributed by atoms with Crippen LogP contribution in [0, 0.1) is 5.95 Å². The van der Waals surface area contributed by atoms with Crippen molar-refractivity contribution in [3.8, 4) is 0 Å². The monoisotopic (exact) mass is 270 g/mol. The minimum atomic E-state index is -2.75. The minimum absolute atomic E-state index is 0.262. The van der Waals surface area contributed by atoms with E-state index in [9.17, 15) is 13.2 Å². The van der Waals surface area contributed by atoms with Crippen molar-refractivity contribution >= 4 is 15.9 Å². The fourth-order valence-electron chi connectivity index (χ4n) is 1.08. The van der Waals surface area contributed by atoms with Gasteiger partial charge in [0.15, 0.2) is 0 Å². The molecule has 0 atom stereocenters. The van der Waals surface area contributed by atoms with Gasteiger partial charge in [-0.15, -0.1) is 5.10 Å². The van der Waals surface area contributed by atoms with E-state index in [1.807, 2.05) is 0 Å². The first-order chi connectivity index (χ1) is 6.25. The molecule has 0 spiro atoms. The van der Waals surface area contributed by atoms with Crippen LogP contribution in [0.3, 0.4) is 0 Å². The van der Waals surface area contributed by atoms with Gasteiger partial charge in [0.1, 0.15) is 10.2 Å². The van der Waals surface area contributed by atoms with E-state index in [2.05, 4.69) is 21.0 Å². The van der Waals surface area contributed by atoms with Gasteiger partial charge in [-0.2, -0.15) is 4.39 Å². The van der Waals surface area contributed by atoms with Crippen LogP contribution in [-0.2, 0) is 5.54 Å². The molecule has 0 unspecified atom stereocenters. The summed E-state index contributed by atoms with van der Waals surface area (Å²) in [5.74, 6) is -0.907. The van der Waals surface area contributed by atoms with Crippen LogP contribution in [0.15, 0.2) is 4.47 Å². The molecule has 1 aromatic heterocycles. The van der Waals surface area contributed by atoms with Crippen molar-refractivity contribution in [2.75, 3.05) is 0 Å². The van der Waals surface area contributed by atoms with Gasteiger partial charge in [0.25, 0.3) is 6.43 Å². The Balaban J connectivity index is 3.37. The second kappa shape index (κ2) is 3.56. The quantitative estimate of drug-likeness (QED) is 0.764. The highest BCUT2D eigenvalue weighted by Gasteiger charge is 2.29. The average Bonchev–Trinajstić information content (AvgIpc) is 2.27. The van der Waals surface area contributed by atoms with Gasteiger partial charge in [0.2, 0.25) is 5.95 Å². The molecule has 1 rings (SSSR count). The maximum Gasteiger partial charge on any atom is 0.281 e. The summed E-state index contributed by atoms with van der Waals surface area (Å²) in [5, 5.41) is 3.43. The third kappa shape index (κ3) is 1.94. The zero-order valence-corrected chi connectivity index (χ0v) is 9.57. The Hall–Kier alpha value is -0.520. The summed E-state index contributed by atoms with van der Waals surface area (Å²) in [4.78, 5) is 0. The van der Waals surface area contributed by atoms with Gasteiger partial charge in [-0.1, -0.05) is 0 Å². The van der Waals surface area contributed by atoms with Crippen molar-refractivity contribution in [2.24, 2.45) is 0 Å². The maximum absolute atomic E-state index is 13.0. The van der Waals surface area contributed by atoms with Crippen LogP contribution in [0.25, 0.3) is 0 Å². The lowest BCUT2D eigenvalue weighted by Gasteiger charge is -2.21. The molecule has 0 aliphatic heterocycles. The number of hydrogen-bond donors (Lipinski definition) is 0. The van der Waals surface area contributed by atoms with Crippen LogP contribution in [0.2, 0.25) is 0 Å². The molecule has 0 radical (unpaired) electrons. The normalized spacial score (nSPS) is 12.6. The van der Waals surface area contributed by atoms with E-state index in [0.29, 0.717) is 0 Å². The highest BCUT2D eigenvalue weighted by molar-refractivity contribution is 9.10. The summed E-state index contributed by atoms with van der Waals surface area (Å²) < 4.78 is 38.9. The second-order valence-electron chi connectivity index (χ2n) is 3.87. The SMILES string of the molecule is CC(C)(C)n1nc(F)c(Br)c1C(F)F. The molecule has 0 aliphatic carbocycles. The molecular weight excluding hydrogens is 261 g/mol. The molecule has 2 nitrogen and oxygen atoms in total. The number of hydrogen-bond acceptors (Lipinski definition) is 1. The third-order valence-electron chi connectivity index (χ3n) is 1.66. The highest BCUT2D eigenvalue weighted by Crippen LogP contribution is 2.32. The molecule has 14 heavy (non-hydrogen) atoms. The van der Waals surface area contributed by atoms with Crippen LogP contribution in [0.1, 0.15) is 32.9 Å². The van der Waals surface area contributed by atoms with Crippen molar-refractivity contribution < 1.29 is 13.2 Å². The number of nitrogens with zero attached hydrogens (tertiary/aromatic N) is 2. The first kappa shape index (κ1) is 11.6. The maximum atomic E-state index is 13.0. The van der Waals surface area contributed by atoms with Gasteiger partial charge in [-0.05, 0) is 36.7 Å². The molecule has 80 valence electrons. The number of aromatic nitrogens is 2. The lowest BCUT2D eigenvalue weighted by atomic mass is 10.1. The molecule has 0 saturated heterocycles. The topological polar surface area (TPSA) is 17.8 Å². The molecule has 1 aromatic rings. The first-order valence-corrected chi connectivity index (χ1v) is 4.77. The molecule has 0 fully saturated rings.